The Hall–Kier alpha value is -2.24. The second kappa shape index (κ2) is 8.12. The van der Waals surface area contributed by atoms with Crippen LogP contribution < -0.4 is 10.0 Å². The highest BCUT2D eigenvalue weighted by atomic mass is 35.5. The zero-order chi connectivity index (χ0) is 21.5. The molecule has 3 heterocycles. The van der Waals surface area contributed by atoms with Gasteiger partial charge in [0.1, 0.15) is 11.9 Å². The van der Waals surface area contributed by atoms with Crippen molar-refractivity contribution in [2.45, 2.75) is 18.5 Å². The van der Waals surface area contributed by atoms with Crippen molar-refractivity contribution in [2.24, 2.45) is 0 Å². The van der Waals surface area contributed by atoms with Crippen LogP contribution in [0, 0.1) is 5.82 Å². The van der Waals surface area contributed by atoms with Gasteiger partial charge >= 0.3 is 0 Å². The number of hydrogen-bond donors (Lipinski definition) is 3. The van der Waals surface area contributed by atoms with Crippen LogP contribution in [0.25, 0.3) is 10.4 Å². The minimum absolute atomic E-state index is 0.0874. The number of carbonyl (C=O) groups is 1. The molecule has 1 amide bonds. The highest BCUT2D eigenvalue weighted by molar-refractivity contribution is 7.96. The minimum atomic E-state index is -2.88. The van der Waals surface area contributed by atoms with Crippen LogP contribution in [0.1, 0.15) is 17.3 Å². The van der Waals surface area contributed by atoms with Crippen molar-refractivity contribution in [3.63, 3.8) is 0 Å². The molecule has 1 unspecified atom stereocenters. The molecule has 0 saturated carbocycles. The maximum absolute atomic E-state index is 13.4. The summed E-state index contributed by atoms with van der Waals surface area (Å²) in [4.78, 5) is 14.9. The average molecular weight is 468 g/mol. The molecule has 11 heteroatoms. The molecule has 1 aliphatic rings. The molecule has 2 aromatic heterocycles. The zero-order valence-electron chi connectivity index (χ0n) is 15.9. The second-order valence-electron chi connectivity index (χ2n) is 6.92. The number of anilines is 1. The summed E-state index contributed by atoms with van der Waals surface area (Å²) < 4.78 is 31.0. The van der Waals surface area contributed by atoms with Gasteiger partial charge in [-0.3, -0.25) is 9.89 Å². The summed E-state index contributed by atoms with van der Waals surface area (Å²) in [7, 11) is -1.29. The number of nitrogens with one attached hydrogen (secondary N) is 3. The van der Waals surface area contributed by atoms with E-state index in [1.807, 2.05) is 12.1 Å². The molecule has 0 aliphatic carbocycles. The third kappa shape index (κ3) is 4.14. The van der Waals surface area contributed by atoms with E-state index in [2.05, 4.69) is 26.1 Å². The Labute approximate surface area is 182 Å². The monoisotopic (exact) mass is 467 g/mol. The predicted molar refractivity (Wildman–Crippen MR) is 119 cm³/mol. The highest BCUT2D eigenvalue weighted by Gasteiger charge is 2.38. The van der Waals surface area contributed by atoms with E-state index >= 15 is 0 Å². The molecule has 0 spiro atoms. The van der Waals surface area contributed by atoms with Crippen LogP contribution >= 0.6 is 22.9 Å². The first-order valence-corrected chi connectivity index (χ1v) is 11.8. The second-order valence-corrected chi connectivity index (χ2v) is 10.5. The number of halogens is 2. The van der Waals surface area contributed by atoms with Gasteiger partial charge in [0, 0.05) is 34.2 Å². The lowest BCUT2D eigenvalue weighted by Crippen LogP contribution is -2.55. The first-order valence-electron chi connectivity index (χ1n) is 8.97. The van der Waals surface area contributed by atoms with Gasteiger partial charge in [0.05, 0.1) is 27.2 Å². The smallest absolute Gasteiger partial charge is 0.242 e. The fourth-order valence-electron chi connectivity index (χ4n) is 3.26. The molecule has 7 nitrogen and oxygen atoms in total. The normalized spacial score (nSPS) is 24.6. The Balaban J connectivity index is 1.57. The number of nitrogens with zero attached hydrogens (tertiary/aromatic N) is 2. The molecule has 0 radical (unpaired) electrons. The standard InChI is InChI=1S/C19H19ClFN5O2S2/c1-26-16(19(27)24-12-3-4-14(21)13(20)7-12)8-15(25-30(26,2)28)18-6-5-17(29-18)11-9-22-23-10-11/h3-7,9-10,15-16H,2,8H2,1H3,(H,22,23)(H,24,27)(H,25,28)/t15-,16+,30?/m1/s1. The maximum Gasteiger partial charge on any atom is 0.242 e. The van der Waals surface area contributed by atoms with Crippen LogP contribution in [0.2, 0.25) is 5.02 Å². The van der Waals surface area contributed by atoms with Crippen LogP contribution in [0.5, 0.6) is 0 Å². The molecule has 1 fully saturated rings. The van der Waals surface area contributed by atoms with E-state index in [0.29, 0.717) is 12.1 Å². The van der Waals surface area contributed by atoms with E-state index in [0.717, 1.165) is 15.3 Å². The number of thiophene rings is 1. The van der Waals surface area contributed by atoms with Crippen LogP contribution in [-0.2, 0) is 14.7 Å². The summed E-state index contributed by atoms with van der Waals surface area (Å²) in [5, 5.41) is 9.38. The third-order valence-electron chi connectivity index (χ3n) is 4.93. The van der Waals surface area contributed by atoms with E-state index in [-0.39, 0.29) is 17.0 Å². The van der Waals surface area contributed by atoms with Crippen molar-refractivity contribution in [1.82, 2.24) is 19.2 Å². The van der Waals surface area contributed by atoms with Gasteiger partial charge in [-0.15, -0.1) is 11.3 Å². The molecule has 3 atom stereocenters. The van der Waals surface area contributed by atoms with Gasteiger partial charge in [-0.25, -0.2) is 17.6 Å². The number of rotatable bonds is 4. The molecule has 30 heavy (non-hydrogen) atoms. The number of aromatic nitrogens is 2. The van der Waals surface area contributed by atoms with Crippen LogP contribution in [0.3, 0.4) is 0 Å². The van der Waals surface area contributed by atoms with Gasteiger partial charge < -0.3 is 5.32 Å². The van der Waals surface area contributed by atoms with Gasteiger partial charge in [0.25, 0.3) is 0 Å². The molecule has 3 aromatic rings. The predicted octanol–water partition coefficient (Wildman–Crippen LogP) is 3.45. The quantitative estimate of drug-likeness (QED) is 0.513. The first-order chi connectivity index (χ1) is 14.2. The van der Waals surface area contributed by atoms with Crippen molar-refractivity contribution >= 4 is 50.3 Å². The highest BCUT2D eigenvalue weighted by Crippen LogP contribution is 2.36. The van der Waals surface area contributed by atoms with Crippen LogP contribution in [0.4, 0.5) is 10.1 Å². The lowest BCUT2D eigenvalue weighted by molar-refractivity contribution is -0.120. The zero-order valence-corrected chi connectivity index (χ0v) is 18.3. The molecular formula is C19H19ClFN5O2S2. The summed E-state index contributed by atoms with van der Waals surface area (Å²) in [5.41, 5.74) is 1.32. The number of hydrogen-bond acceptors (Lipinski definition) is 4. The molecule has 0 bridgehead atoms. The third-order valence-corrected chi connectivity index (χ3v) is 8.31. The van der Waals surface area contributed by atoms with Gasteiger partial charge in [-0.05, 0) is 42.6 Å². The minimum Gasteiger partial charge on any atom is -0.325 e. The van der Waals surface area contributed by atoms with Gasteiger partial charge in [-0.2, -0.15) is 5.10 Å². The first kappa shape index (κ1) is 21.0. The van der Waals surface area contributed by atoms with E-state index in [4.69, 9.17) is 11.6 Å². The van der Waals surface area contributed by atoms with E-state index < -0.39 is 21.8 Å². The molecule has 1 aromatic carbocycles. The Kier molecular flexibility index (Phi) is 5.69. The summed E-state index contributed by atoms with van der Waals surface area (Å²) in [5.74, 6) is 2.85. The van der Waals surface area contributed by atoms with Crippen molar-refractivity contribution in [1.29, 1.82) is 0 Å². The largest absolute Gasteiger partial charge is 0.325 e. The molecule has 1 aliphatic heterocycles. The summed E-state index contributed by atoms with van der Waals surface area (Å²) in [6.45, 7) is 0. The van der Waals surface area contributed by atoms with Crippen molar-refractivity contribution in [2.75, 3.05) is 12.4 Å². The maximum atomic E-state index is 13.4. The van der Waals surface area contributed by atoms with Crippen molar-refractivity contribution < 1.29 is 13.4 Å². The Morgan fingerprint density at radius 2 is 2.23 bits per heavy atom. The molecule has 1 saturated heterocycles. The average Bonchev–Trinajstić information content (AvgIpc) is 3.38. The van der Waals surface area contributed by atoms with E-state index in [9.17, 15) is 13.4 Å². The SMILES string of the molecule is C=S1(=O)N[C@@H](c2ccc(-c3cn[nH]c3)s2)C[C@@H](C(=O)Nc2ccc(F)c(Cl)c2)N1C. The van der Waals surface area contributed by atoms with Gasteiger partial charge in [0.15, 0.2) is 0 Å². The molecular weight excluding hydrogens is 449 g/mol. The van der Waals surface area contributed by atoms with Gasteiger partial charge in [-0.1, -0.05) is 11.6 Å². The van der Waals surface area contributed by atoms with Gasteiger partial charge in [0.2, 0.25) is 5.91 Å². The Morgan fingerprint density at radius 1 is 1.43 bits per heavy atom. The summed E-state index contributed by atoms with van der Waals surface area (Å²) in [6, 6.07) is 6.83. The van der Waals surface area contributed by atoms with E-state index in [1.165, 1.54) is 33.8 Å². The number of benzene rings is 1. The lowest BCUT2D eigenvalue weighted by atomic mass is 10.1. The number of carbonyl (C=O) groups excluding carboxylic acids is 1. The topological polar surface area (TPSA) is 90.1 Å². The fourth-order valence-corrected chi connectivity index (χ4v) is 5.99. The number of likely N-dealkylation sites (N-methyl/N-ethyl adjacent to an activating group) is 1. The van der Waals surface area contributed by atoms with E-state index in [1.54, 1.807) is 19.4 Å². The Morgan fingerprint density at radius 3 is 2.93 bits per heavy atom. The van der Waals surface area contributed by atoms with Crippen LogP contribution in [-0.4, -0.2) is 43.6 Å². The number of aromatic amines is 1. The Bertz CT molecular complexity index is 1180. The van der Waals surface area contributed by atoms with Crippen molar-refractivity contribution in [3.8, 4) is 10.4 Å². The molecule has 3 N–H and O–H groups in total. The molecule has 4 rings (SSSR count). The van der Waals surface area contributed by atoms with Crippen LogP contribution in [0.15, 0.2) is 42.7 Å². The summed E-state index contributed by atoms with van der Waals surface area (Å²) in [6.07, 6.45) is 3.91. The lowest BCUT2D eigenvalue weighted by Gasteiger charge is -2.39. The fraction of sp³-hybridized carbons (Fsp3) is 0.211. The summed E-state index contributed by atoms with van der Waals surface area (Å²) >= 11 is 7.33. The number of amides is 1. The molecule has 158 valence electrons. The number of H-pyrrole nitrogens is 1. The van der Waals surface area contributed by atoms with Crippen molar-refractivity contribution in [3.05, 3.63) is 58.4 Å².